The summed E-state index contributed by atoms with van der Waals surface area (Å²) in [7, 11) is 0. The number of esters is 2. The number of carbonyl (C=O) groups excluding carboxylic acids is 2. The van der Waals surface area contributed by atoms with Crippen LogP contribution in [0, 0.1) is 0 Å². The number of aromatic hydroxyl groups is 2. The molecule has 0 bridgehead atoms. The normalized spacial score (nSPS) is 10.6. The number of ether oxygens (including phenoxy) is 2. The number of rotatable bonds is 6. The van der Waals surface area contributed by atoms with Gasteiger partial charge >= 0.3 is 11.9 Å². The number of pyridine rings is 1. The van der Waals surface area contributed by atoms with Gasteiger partial charge in [0.2, 0.25) is 11.8 Å². The van der Waals surface area contributed by atoms with E-state index >= 15 is 0 Å². The van der Waals surface area contributed by atoms with Gasteiger partial charge in [0.15, 0.2) is 9.75 Å². The molecule has 3 heterocycles. The van der Waals surface area contributed by atoms with E-state index in [9.17, 15) is 19.8 Å². The zero-order valence-corrected chi connectivity index (χ0v) is 16.5. The van der Waals surface area contributed by atoms with Crippen LogP contribution in [-0.4, -0.2) is 50.3 Å². The van der Waals surface area contributed by atoms with E-state index in [1.807, 2.05) is 0 Å². The third kappa shape index (κ3) is 3.94. The van der Waals surface area contributed by atoms with Gasteiger partial charge in [-0.25, -0.2) is 14.6 Å². The van der Waals surface area contributed by atoms with E-state index < -0.39 is 23.7 Å². The molecule has 3 aromatic heterocycles. The highest BCUT2D eigenvalue weighted by atomic mass is 32.1. The van der Waals surface area contributed by atoms with Crippen molar-refractivity contribution in [3.05, 3.63) is 28.0 Å². The van der Waals surface area contributed by atoms with Crippen LogP contribution in [0.5, 0.6) is 11.8 Å². The van der Waals surface area contributed by atoms with Crippen LogP contribution >= 0.6 is 22.7 Å². The van der Waals surface area contributed by atoms with Gasteiger partial charge < -0.3 is 19.7 Å². The molecule has 3 rings (SSSR count). The second kappa shape index (κ2) is 8.31. The number of carbonyl (C=O) groups is 2. The molecule has 0 radical (unpaired) electrons. The fraction of sp³-hybridized carbons (Fsp3) is 0.235. The van der Waals surface area contributed by atoms with E-state index in [1.54, 1.807) is 32.0 Å². The van der Waals surface area contributed by atoms with E-state index in [4.69, 9.17) is 9.47 Å². The van der Waals surface area contributed by atoms with Gasteiger partial charge in [-0.3, -0.25) is 0 Å². The van der Waals surface area contributed by atoms with Crippen molar-refractivity contribution in [3.63, 3.8) is 0 Å². The molecule has 0 saturated heterocycles. The van der Waals surface area contributed by atoms with E-state index in [0.717, 1.165) is 22.7 Å². The molecular formula is C17H15N3O6S2. The average molecular weight is 421 g/mol. The van der Waals surface area contributed by atoms with Crippen LogP contribution in [0.25, 0.3) is 21.4 Å². The standard InChI is InChI=1S/C17H15N3O6S2/c1-3-25-16(23)10-12(21)19-14(27-10)8-6-5-7-9(18-8)15-20-13(22)11(28-15)17(24)26-4-2/h5-7,21-22H,3-4H2,1-2H3. The first-order valence-electron chi connectivity index (χ1n) is 8.16. The van der Waals surface area contributed by atoms with Crippen molar-refractivity contribution < 1.29 is 29.3 Å². The Bertz CT molecular complexity index is 952. The van der Waals surface area contributed by atoms with Crippen molar-refractivity contribution in [1.29, 1.82) is 0 Å². The molecule has 0 aromatic carbocycles. The molecule has 0 unspecified atom stereocenters. The van der Waals surface area contributed by atoms with Crippen molar-refractivity contribution in [2.75, 3.05) is 13.2 Å². The third-order valence-electron chi connectivity index (χ3n) is 3.33. The van der Waals surface area contributed by atoms with Crippen LogP contribution in [0.2, 0.25) is 0 Å². The Hall–Kier alpha value is -3.05. The lowest BCUT2D eigenvalue weighted by molar-refractivity contribution is 0.0518. The highest BCUT2D eigenvalue weighted by Gasteiger charge is 2.22. The van der Waals surface area contributed by atoms with Crippen molar-refractivity contribution in [2.24, 2.45) is 0 Å². The van der Waals surface area contributed by atoms with Gasteiger partial charge in [0, 0.05) is 0 Å². The first-order chi connectivity index (χ1) is 13.4. The lowest BCUT2D eigenvalue weighted by Gasteiger charge is -1.99. The quantitative estimate of drug-likeness (QED) is 0.576. The molecule has 0 saturated carbocycles. The summed E-state index contributed by atoms with van der Waals surface area (Å²) in [5, 5.41) is 20.4. The van der Waals surface area contributed by atoms with Gasteiger partial charge in [-0.05, 0) is 26.0 Å². The molecule has 3 aromatic rings. The number of nitrogens with zero attached hydrogens (tertiary/aromatic N) is 3. The molecule has 11 heteroatoms. The summed E-state index contributed by atoms with van der Waals surface area (Å²) in [5.74, 6) is -2.18. The largest absolute Gasteiger partial charge is 0.492 e. The summed E-state index contributed by atoms with van der Waals surface area (Å²) in [4.78, 5) is 36.0. The molecule has 0 aliphatic rings. The summed E-state index contributed by atoms with van der Waals surface area (Å²) in [6.07, 6.45) is 0. The third-order valence-corrected chi connectivity index (χ3v) is 5.42. The lowest BCUT2D eigenvalue weighted by Crippen LogP contribution is -2.02. The summed E-state index contributed by atoms with van der Waals surface area (Å²) in [6.45, 7) is 3.68. The molecular weight excluding hydrogens is 406 g/mol. The maximum absolute atomic E-state index is 11.8. The van der Waals surface area contributed by atoms with Gasteiger partial charge in [0.25, 0.3) is 0 Å². The predicted molar refractivity (Wildman–Crippen MR) is 102 cm³/mol. The highest BCUT2D eigenvalue weighted by Crippen LogP contribution is 2.35. The Kier molecular flexibility index (Phi) is 5.85. The minimum Gasteiger partial charge on any atom is -0.492 e. The summed E-state index contributed by atoms with van der Waals surface area (Å²) in [6, 6.07) is 4.98. The zero-order valence-electron chi connectivity index (χ0n) is 14.8. The molecule has 0 aliphatic heterocycles. The Morgan fingerprint density at radius 3 is 1.68 bits per heavy atom. The second-order valence-corrected chi connectivity index (χ2v) is 7.19. The number of hydrogen-bond donors (Lipinski definition) is 2. The van der Waals surface area contributed by atoms with E-state index in [0.29, 0.717) is 21.4 Å². The first kappa shape index (κ1) is 19.7. The van der Waals surface area contributed by atoms with E-state index in [2.05, 4.69) is 15.0 Å². The monoisotopic (exact) mass is 421 g/mol. The number of hydrogen-bond acceptors (Lipinski definition) is 11. The van der Waals surface area contributed by atoms with Crippen molar-refractivity contribution in [2.45, 2.75) is 13.8 Å². The maximum atomic E-state index is 11.8. The fourth-order valence-corrected chi connectivity index (χ4v) is 3.82. The Balaban J connectivity index is 1.94. The molecule has 2 N–H and O–H groups in total. The van der Waals surface area contributed by atoms with Crippen LogP contribution in [0.1, 0.15) is 33.2 Å². The zero-order chi connectivity index (χ0) is 20.3. The van der Waals surface area contributed by atoms with Crippen LogP contribution < -0.4 is 0 Å². The van der Waals surface area contributed by atoms with Crippen molar-refractivity contribution >= 4 is 34.6 Å². The average Bonchev–Trinajstić information content (AvgIpc) is 3.25. The summed E-state index contributed by atoms with van der Waals surface area (Å²) in [5.41, 5.74) is 0.779. The Labute approximate surface area is 167 Å². The fourth-order valence-electron chi connectivity index (χ4n) is 2.18. The predicted octanol–water partition coefficient (Wildman–Crippen LogP) is 3.09. The minimum atomic E-state index is -0.663. The molecule has 146 valence electrons. The molecule has 0 fully saturated rings. The second-order valence-electron chi connectivity index (χ2n) is 5.19. The molecule has 0 amide bonds. The van der Waals surface area contributed by atoms with Crippen LogP contribution in [0.15, 0.2) is 18.2 Å². The van der Waals surface area contributed by atoms with Gasteiger partial charge in [0.1, 0.15) is 10.0 Å². The van der Waals surface area contributed by atoms with Crippen LogP contribution in [0.4, 0.5) is 0 Å². The Morgan fingerprint density at radius 1 is 0.857 bits per heavy atom. The van der Waals surface area contributed by atoms with Crippen molar-refractivity contribution in [3.8, 4) is 33.2 Å². The van der Waals surface area contributed by atoms with Crippen molar-refractivity contribution in [1.82, 2.24) is 15.0 Å². The molecule has 28 heavy (non-hydrogen) atoms. The SMILES string of the molecule is CCOC(=O)c1sc(-c2cccc(-c3nc(O)c(C(=O)OCC)s3)n2)nc1O. The molecule has 0 spiro atoms. The molecule has 0 aliphatic carbocycles. The highest BCUT2D eigenvalue weighted by molar-refractivity contribution is 7.17. The Morgan fingerprint density at radius 2 is 1.29 bits per heavy atom. The van der Waals surface area contributed by atoms with E-state index in [1.165, 1.54) is 0 Å². The van der Waals surface area contributed by atoms with Gasteiger partial charge in [0.05, 0.1) is 24.6 Å². The van der Waals surface area contributed by atoms with Gasteiger partial charge in [-0.1, -0.05) is 6.07 Å². The summed E-state index contributed by atoms with van der Waals surface area (Å²) >= 11 is 1.89. The molecule has 0 atom stereocenters. The number of aromatic nitrogens is 3. The van der Waals surface area contributed by atoms with Crippen LogP contribution in [0.3, 0.4) is 0 Å². The lowest BCUT2D eigenvalue weighted by atomic mass is 10.3. The number of thiazole rings is 2. The summed E-state index contributed by atoms with van der Waals surface area (Å²) < 4.78 is 9.76. The minimum absolute atomic E-state index is 0.0134. The topological polar surface area (TPSA) is 132 Å². The molecule has 9 nitrogen and oxygen atoms in total. The maximum Gasteiger partial charge on any atom is 0.353 e. The van der Waals surface area contributed by atoms with Crippen LogP contribution in [-0.2, 0) is 9.47 Å². The smallest absolute Gasteiger partial charge is 0.353 e. The van der Waals surface area contributed by atoms with E-state index in [-0.39, 0.29) is 23.0 Å². The van der Waals surface area contributed by atoms with Gasteiger partial charge in [-0.2, -0.15) is 9.97 Å². The first-order valence-corrected chi connectivity index (χ1v) is 9.79. The van der Waals surface area contributed by atoms with Gasteiger partial charge in [-0.15, -0.1) is 22.7 Å².